The lowest BCUT2D eigenvalue weighted by Gasteiger charge is -2.15. The average Bonchev–Trinajstić information content (AvgIpc) is 3.49. The van der Waals surface area contributed by atoms with E-state index in [-0.39, 0.29) is 35.4 Å². The van der Waals surface area contributed by atoms with Gasteiger partial charge >= 0.3 is 12.0 Å². The molecule has 1 unspecified atom stereocenters. The lowest BCUT2D eigenvalue weighted by atomic mass is 9.98. The number of hydrogen-bond donors (Lipinski definition) is 5. The fourth-order valence-electron chi connectivity index (χ4n) is 5.08. The molecule has 1 saturated heterocycles. The van der Waals surface area contributed by atoms with Crippen LogP contribution in [0, 0.1) is 6.92 Å². The summed E-state index contributed by atoms with van der Waals surface area (Å²) in [4.78, 5) is 68.4. The van der Waals surface area contributed by atoms with Gasteiger partial charge in [0.25, 0.3) is 17.7 Å². The van der Waals surface area contributed by atoms with Crippen molar-refractivity contribution in [2.45, 2.75) is 44.8 Å². The minimum absolute atomic E-state index is 0.0235. The molecule has 1 aliphatic carbocycles. The second kappa shape index (κ2) is 10.9. The van der Waals surface area contributed by atoms with Crippen LogP contribution in [0.3, 0.4) is 0 Å². The number of aromatic carboxylic acids is 1. The number of aromatic nitrogens is 2. The number of amides is 5. The number of carboxylic acid groups (broad SMARTS) is 1. The maximum absolute atomic E-state index is 13.0. The highest BCUT2D eigenvalue weighted by Crippen LogP contribution is 2.34. The van der Waals surface area contributed by atoms with Crippen LogP contribution in [-0.4, -0.2) is 50.8 Å². The first-order valence-electron chi connectivity index (χ1n) is 12.7. The summed E-state index contributed by atoms with van der Waals surface area (Å²) < 4.78 is 0. The highest BCUT2D eigenvalue weighted by atomic mass is 16.4. The van der Waals surface area contributed by atoms with Crippen molar-refractivity contribution < 1.29 is 29.1 Å². The Kier molecular flexibility index (Phi) is 7.23. The van der Waals surface area contributed by atoms with Gasteiger partial charge in [0.2, 0.25) is 0 Å². The molecule has 5 amide bonds. The van der Waals surface area contributed by atoms with Gasteiger partial charge in [0.05, 0.1) is 11.6 Å². The summed E-state index contributed by atoms with van der Waals surface area (Å²) in [5.41, 5.74) is 4.40. The van der Waals surface area contributed by atoms with Crippen LogP contribution in [0.25, 0.3) is 0 Å². The number of fused-ring (bicyclic) bond motifs is 1. The minimum Gasteiger partial charge on any atom is -0.478 e. The molecule has 1 aliphatic heterocycles. The van der Waals surface area contributed by atoms with E-state index in [4.69, 9.17) is 0 Å². The van der Waals surface area contributed by atoms with Gasteiger partial charge in [-0.05, 0) is 53.6 Å². The molecule has 2 atom stereocenters. The van der Waals surface area contributed by atoms with Crippen LogP contribution in [0.15, 0.2) is 48.8 Å². The second-order valence-corrected chi connectivity index (χ2v) is 9.69. The van der Waals surface area contributed by atoms with Crippen molar-refractivity contribution in [2.24, 2.45) is 0 Å². The predicted octanol–water partition coefficient (Wildman–Crippen LogP) is 1.58. The lowest BCUT2D eigenvalue weighted by molar-refractivity contribution is -0.120. The summed E-state index contributed by atoms with van der Waals surface area (Å²) in [5, 5.41) is 19.8. The third-order valence-corrected chi connectivity index (χ3v) is 7.10. The van der Waals surface area contributed by atoms with Gasteiger partial charge in [-0.2, -0.15) is 0 Å². The molecular weight excluding hydrogens is 516 g/mol. The zero-order valence-corrected chi connectivity index (χ0v) is 21.5. The largest absolute Gasteiger partial charge is 0.478 e. The van der Waals surface area contributed by atoms with Crippen LogP contribution in [-0.2, 0) is 24.2 Å². The van der Waals surface area contributed by atoms with Crippen molar-refractivity contribution in [3.8, 4) is 0 Å². The first-order chi connectivity index (χ1) is 19.2. The van der Waals surface area contributed by atoms with Crippen LogP contribution < -0.4 is 21.3 Å². The SMILES string of the molecule is Cc1c(C(=O)O)ccc2c1CC[C@@H]2NC(=O)c1cc(C(=O)NCc2cccc(CC3NC(=O)NC3=O)c2)ncn1. The van der Waals surface area contributed by atoms with E-state index in [0.717, 1.165) is 28.6 Å². The standard InChI is InChI=1S/C28H26N6O6/c1-14-17-7-8-20(19(17)6-5-18(14)27(38)39)32-25(36)22-11-21(30-13-31-22)24(35)29-12-16-4-2-3-15(9-16)10-23-26(37)34-28(40)33-23/h2-6,9,11,13,20,23H,7-8,10,12H2,1H3,(H,29,35)(H,32,36)(H,38,39)(H2,33,34,37,40)/t20-,23?/m0/s1. The number of nitrogens with one attached hydrogen (secondary N) is 4. The van der Waals surface area contributed by atoms with Crippen molar-refractivity contribution in [1.82, 2.24) is 31.2 Å². The molecule has 5 N–H and O–H groups in total. The molecule has 40 heavy (non-hydrogen) atoms. The van der Waals surface area contributed by atoms with Crippen molar-refractivity contribution in [3.63, 3.8) is 0 Å². The molecule has 0 spiro atoms. The Labute approximate surface area is 228 Å². The van der Waals surface area contributed by atoms with E-state index in [0.29, 0.717) is 24.8 Å². The van der Waals surface area contributed by atoms with Gasteiger partial charge in [-0.1, -0.05) is 30.3 Å². The van der Waals surface area contributed by atoms with Crippen molar-refractivity contribution in [2.75, 3.05) is 0 Å². The zero-order valence-electron chi connectivity index (χ0n) is 21.5. The van der Waals surface area contributed by atoms with Crippen LogP contribution >= 0.6 is 0 Å². The number of urea groups is 1. The number of carboxylic acids is 1. The van der Waals surface area contributed by atoms with Crippen molar-refractivity contribution in [1.29, 1.82) is 0 Å². The van der Waals surface area contributed by atoms with Gasteiger partial charge in [-0.3, -0.25) is 19.7 Å². The second-order valence-electron chi connectivity index (χ2n) is 9.69. The fraction of sp³-hybridized carbons (Fsp3) is 0.250. The topological polar surface area (TPSA) is 179 Å². The van der Waals surface area contributed by atoms with Gasteiger partial charge in [0.1, 0.15) is 23.8 Å². The summed E-state index contributed by atoms with van der Waals surface area (Å²) in [6, 6.07) is 10.4. The number of carbonyl (C=O) groups excluding carboxylic acids is 4. The van der Waals surface area contributed by atoms with Gasteiger partial charge in [0.15, 0.2) is 0 Å². The Morgan fingerprint density at radius 1 is 1.02 bits per heavy atom. The zero-order chi connectivity index (χ0) is 28.4. The summed E-state index contributed by atoms with van der Waals surface area (Å²) >= 11 is 0. The molecule has 1 fully saturated rings. The molecule has 3 aromatic rings. The third kappa shape index (κ3) is 5.51. The third-order valence-electron chi connectivity index (χ3n) is 7.10. The maximum atomic E-state index is 13.0. The molecule has 0 saturated carbocycles. The van der Waals surface area contributed by atoms with Crippen LogP contribution in [0.2, 0.25) is 0 Å². The normalized spacial score (nSPS) is 17.5. The number of rotatable bonds is 8. The van der Waals surface area contributed by atoms with E-state index in [2.05, 4.69) is 31.2 Å². The van der Waals surface area contributed by atoms with Gasteiger partial charge in [0, 0.05) is 19.0 Å². The first kappa shape index (κ1) is 26.5. The van der Waals surface area contributed by atoms with Crippen LogP contribution in [0.1, 0.15) is 71.6 Å². The van der Waals surface area contributed by atoms with E-state index < -0.39 is 29.9 Å². The smallest absolute Gasteiger partial charge is 0.335 e. The fourth-order valence-corrected chi connectivity index (χ4v) is 5.08. The van der Waals surface area contributed by atoms with Crippen molar-refractivity contribution >= 4 is 29.7 Å². The van der Waals surface area contributed by atoms with Gasteiger partial charge < -0.3 is 21.1 Å². The van der Waals surface area contributed by atoms with E-state index >= 15 is 0 Å². The Bertz CT molecular complexity index is 1550. The van der Waals surface area contributed by atoms with Crippen LogP contribution in [0.5, 0.6) is 0 Å². The molecule has 12 nitrogen and oxygen atoms in total. The molecule has 2 aromatic carbocycles. The molecular formula is C28H26N6O6. The van der Waals surface area contributed by atoms with Crippen molar-refractivity contribution in [3.05, 3.63) is 93.6 Å². The molecule has 1 aromatic heterocycles. The van der Waals surface area contributed by atoms with Crippen LogP contribution in [0.4, 0.5) is 4.79 Å². The average molecular weight is 543 g/mol. The molecule has 5 rings (SSSR count). The van der Waals surface area contributed by atoms with E-state index in [9.17, 15) is 29.1 Å². The monoisotopic (exact) mass is 542 g/mol. The Morgan fingerprint density at radius 3 is 2.50 bits per heavy atom. The number of nitrogens with zero attached hydrogens (tertiary/aromatic N) is 2. The van der Waals surface area contributed by atoms with Gasteiger partial charge in [-0.15, -0.1) is 0 Å². The summed E-state index contributed by atoms with van der Waals surface area (Å²) in [6.45, 7) is 1.95. The summed E-state index contributed by atoms with van der Waals surface area (Å²) in [6.07, 6.45) is 2.74. The molecule has 204 valence electrons. The molecule has 0 bridgehead atoms. The summed E-state index contributed by atoms with van der Waals surface area (Å²) in [7, 11) is 0. The Balaban J connectivity index is 1.20. The maximum Gasteiger partial charge on any atom is 0.335 e. The number of benzene rings is 2. The Hall–Kier alpha value is -5.13. The minimum atomic E-state index is -0.986. The number of imide groups is 1. The van der Waals surface area contributed by atoms with E-state index in [1.165, 1.54) is 6.07 Å². The molecule has 2 aliphatic rings. The molecule has 2 heterocycles. The first-order valence-corrected chi connectivity index (χ1v) is 12.7. The highest BCUT2D eigenvalue weighted by molar-refractivity contribution is 6.04. The quantitative estimate of drug-likeness (QED) is 0.266. The number of hydrogen-bond acceptors (Lipinski definition) is 7. The van der Waals surface area contributed by atoms with E-state index in [1.54, 1.807) is 25.1 Å². The predicted molar refractivity (Wildman–Crippen MR) is 140 cm³/mol. The summed E-state index contributed by atoms with van der Waals surface area (Å²) in [5.74, 6) is -2.33. The molecule has 12 heteroatoms. The van der Waals surface area contributed by atoms with Gasteiger partial charge in [-0.25, -0.2) is 19.6 Å². The lowest BCUT2D eigenvalue weighted by Crippen LogP contribution is -2.31. The Morgan fingerprint density at radius 2 is 1.77 bits per heavy atom. The van der Waals surface area contributed by atoms with E-state index in [1.807, 2.05) is 18.2 Å². The number of carbonyl (C=O) groups is 5. The molecule has 0 radical (unpaired) electrons. The highest BCUT2D eigenvalue weighted by Gasteiger charge is 2.30.